The van der Waals surface area contributed by atoms with E-state index in [1.165, 1.54) is 22.6 Å². The number of benzene rings is 2. The molecule has 0 atom stereocenters. The van der Waals surface area contributed by atoms with Crippen molar-refractivity contribution in [3.63, 3.8) is 0 Å². The van der Waals surface area contributed by atoms with E-state index in [1.54, 1.807) is 14.2 Å². The maximum Gasteiger partial charge on any atom is 0.247 e. The van der Waals surface area contributed by atoms with Crippen LogP contribution in [0.4, 0.5) is 0 Å². The van der Waals surface area contributed by atoms with Gasteiger partial charge in [0.05, 0.1) is 14.2 Å². The first-order valence-electron chi connectivity index (χ1n) is 7.28. The summed E-state index contributed by atoms with van der Waals surface area (Å²) in [5.41, 5.74) is 4.75. The van der Waals surface area contributed by atoms with Crippen molar-refractivity contribution in [3.8, 4) is 11.5 Å². The summed E-state index contributed by atoms with van der Waals surface area (Å²) in [7, 11) is 3.36. The fraction of sp³-hybridized carbons (Fsp3) is 0.222. The van der Waals surface area contributed by atoms with Gasteiger partial charge >= 0.3 is 0 Å². The zero-order valence-corrected chi connectivity index (χ0v) is 15.1. The predicted molar refractivity (Wildman–Crippen MR) is 85.9 cm³/mol. The molecule has 0 radical (unpaired) electrons. The molecule has 3 rings (SSSR count). The highest BCUT2D eigenvalue weighted by molar-refractivity contribution is 6.02. The van der Waals surface area contributed by atoms with Gasteiger partial charge in [0, 0.05) is 11.1 Å². The Hall–Kier alpha value is -2.04. The lowest BCUT2D eigenvalue weighted by atomic mass is 10.1. The van der Waals surface area contributed by atoms with Crippen molar-refractivity contribution in [1.29, 1.82) is 0 Å². The molecule has 0 bridgehead atoms. The van der Waals surface area contributed by atoms with Gasteiger partial charge in [-0.25, -0.2) is 9.98 Å². The zero-order chi connectivity index (χ0) is 15.4. The van der Waals surface area contributed by atoms with Crippen LogP contribution in [0.25, 0.3) is 0 Å². The van der Waals surface area contributed by atoms with Crippen molar-refractivity contribution in [2.45, 2.75) is 0 Å². The molecule has 1 heterocycles. The summed E-state index contributed by atoms with van der Waals surface area (Å²) in [6.45, 7) is 1.57. The molecule has 4 nitrogen and oxygen atoms in total. The quantitative estimate of drug-likeness (QED) is 0.565. The molecule has 0 amide bonds. The fourth-order valence-corrected chi connectivity index (χ4v) is 2.51. The van der Waals surface area contributed by atoms with E-state index in [4.69, 9.17) is 9.47 Å². The maximum atomic E-state index is 5.19. The van der Waals surface area contributed by atoms with Crippen LogP contribution in [0.15, 0.2) is 48.5 Å². The SMILES string of the molecule is COc1ccc(C2=[NH+]CC(c3ccc(OC)cc3)=[NH+]C2)cc1.[Cl-].[Cl-]. The highest BCUT2D eigenvalue weighted by Crippen LogP contribution is 2.12. The van der Waals surface area contributed by atoms with Crippen molar-refractivity contribution in [2.75, 3.05) is 27.3 Å². The molecule has 0 spiro atoms. The molecule has 0 fully saturated rings. The van der Waals surface area contributed by atoms with Crippen LogP contribution in [0, 0.1) is 0 Å². The Balaban J connectivity index is 0.00000144. The Morgan fingerprint density at radius 3 is 1.21 bits per heavy atom. The zero-order valence-electron chi connectivity index (χ0n) is 13.6. The van der Waals surface area contributed by atoms with Gasteiger partial charge in [0.15, 0.2) is 0 Å². The minimum absolute atomic E-state index is 0. The first-order chi connectivity index (χ1) is 10.8. The average molecular weight is 367 g/mol. The normalized spacial score (nSPS) is 12.9. The second-order valence-corrected chi connectivity index (χ2v) is 5.12. The first kappa shape index (κ1) is 20.0. The van der Waals surface area contributed by atoms with Crippen LogP contribution >= 0.6 is 0 Å². The van der Waals surface area contributed by atoms with Crippen LogP contribution in [0.2, 0.25) is 0 Å². The van der Waals surface area contributed by atoms with E-state index in [1.807, 2.05) is 24.3 Å². The van der Waals surface area contributed by atoms with Crippen LogP contribution < -0.4 is 44.3 Å². The highest BCUT2D eigenvalue weighted by Gasteiger charge is 2.22. The molecule has 1 aliphatic rings. The summed E-state index contributed by atoms with van der Waals surface area (Å²) in [6.07, 6.45) is 0. The Kier molecular flexibility index (Phi) is 7.75. The Morgan fingerprint density at radius 2 is 0.958 bits per heavy atom. The monoisotopic (exact) mass is 366 g/mol. The third-order valence-corrected chi connectivity index (χ3v) is 3.83. The first-order valence-corrected chi connectivity index (χ1v) is 7.28. The molecule has 1 aliphatic heterocycles. The van der Waals surface area contributed by atoms with E-state index in [0.29, 0.717) is 0 Å². The van der Waals surface area contributed by atoms with Crippen molar-refractivity contribution < 1.29 is 44.3 Å². The van der Waals surface area contributed by atoms with Gasteiger partial charge in [0.25, 0.3) is 0 Å². The van der Waals surface area contributed by atoms with Crippen LogP contribution in [0.3, 0.4) is 0 Å². The highest BCUT2D eigenvalue weighted by atomic mass is 35.5. The molecule has 2 aromatic rings. The maximum absolute atomic E-state index is 5.19. The Bertz CT molecular complexity index is 647. The molecule has 2 aromatic carbocycles. The molecule has 0 aromatic heterocycles. The fourth-order valence-electron chi connectivity index (χ4n) is 2.51. The number of halogens is 2. The van der Waals surface area contributed by atoms with E-state index in [2.05, 4.69) is 34.3 Å². The molecule has 0 aliphatic carbocycles. The smallest absolute Gasteiger partial charge is 0.247 e. The Morgan fingerprint density at radius 1 is 0.625 bits per heavy atom. The lowest BCUT2D eigenvalue weighted by Gasteiger charge is -2.05. The van der Waals surface area contributed by atoms with E-state index < -0.39 is 0 Å². The van der Waals surface area contributed by atoms with Gasteiger partial charge in [-0.2, -0.15) is 0 Å². The summed E-state index contributed by atoms with van der Waals surface area (Å²) in [5, 5.41) is 0. The van der Waals surface area contributed by atoms with E-state index >= 15 is 0 Å². The van der Waals surface area contributed by atoms with E-state index in [9.17, 15) is 0 Å². The molecule has 0 saturated heterocycles. The number of nitrogens with one attached hydrogen (secondary N) is 2. The molecule has 2 N–H and O–H groups in total. The van der Waals surface area contributed by atoms with Crippen molar-refractivity contribution in [3.05, 3.63) is 59.7 Å². The third kappa shape index (κ3) is 4.49. The lowest BCUT2D eigenvalue weighted by molar-refractivity contribution is -0.514. The van der Waals surface area contributed by atoms with Gasteiger partial charge in [-0.05, 0) is 48.5 Å². The summed E-state index contributed by atoms with van der Waals surface area (Å²) in [6, 6.07) is 16.2. The number of ether oxygens (including phenoxy) is 2. The summed E-state index contributed by atoms with van der Waals surface area (Å²) < 4.78 is 10.4. The van der Waals surface area contributed by atoms with Gasteiger partial charge in [-0.1, -0.05) is 0 Å². The lowest BCUT2D eigenvalue weighted by Crippen LogP contribution is -3.00. The van der Waals surface area contributed by atoms with Crippen LogP contribution in [0.5, 0.6) is 11.5 Å². The van der Waals surface area contributed by atoms with Crippen LogP contribution in [-0.4, -0.2) is 38.7 Å². The standard InChI is InChI=1S/C18H18N2O2.2ClH/c1-21-15-7-3-13(4-8-15)17-11-20-18(12-19-17)14-5-9-16(22-2)10-6-14;;/h3-10H,11-12H2,1-2H3;2*1H. The van der Waals surface area contributed by atoms with Gasteiger partial charge in [-0.3, -0.25) is 0 Å². The number of methoxy groups -OCH3 is 2. The largest absolute Gasteiger partial charge is 1.00 e. The van der Waals surface area contributed by atoms with Gasteiger partial charge in [-0.15, -0.1) is 0 Å². The minimum atomic E-state index is 0. The van der Waals surface area contributed by atoms with Crippen molar-refractivity contribution in [1.82, 2.24) is 0 Å². The molecular weight excluding hydrogens is 347 g/mol. The number of hydrogen-bond acceptors (Lipinski definition) is 2. The number of hydrogen-bond donors (Lipinski definition) is 2. The molecule has 24 heavy (non-hydrogen) atoms. The second kappa shape index (κ2) is 9.30. The molecule has 6 heteroatoms. The third-order valence-electron chi connectivity index (χ3n) is 3.83. The van der Waals surface area contributed by atoms with Crippen molar-refractivity contribution in [2.24, 2.45) is 0 Å². The molecule has 0 saturated carbocycles. The summed E-state index contributed by atoms with van der Waals surface area (Å²) in [4.78, 5) is 6.99. The molecule has 0 unspecified atom stereocenters. The van der Waals surface area contributed by atoms with Gasteiger partial charge in [0.2, 0.25) is 24.5 Å². The van der Waals surface area contributed by atoms with Crippen LogP contribution in [-0.2, 0) is 0 Å². The molecule has 128 valence electrons. The van der Waals surface area contributed by atoms with E-state index in [-0.39, 0.29) is 24.8 Å². The topological polar surface area (TPSA) is 46.4 Å². The van der Waals surface area contributed by atoms with Crippen molar-refractivity contribution >= 4 is 11.4 Å². The number of rotatable bonds is 4. The summed E-state index contributed by atoms with van der Waals surface area (Å²) in [5.74, 6) is 1.75. The average Bonchev–Trinajstić information content (AvgIpc) is 2.62. The predicted octanol–water partition coefficient (Wildman–Crippen LogP) is -6.84. The molecular formula is C18H20Cl2N2O2. The van der Waals surface area contributed by atoms with Gasteiger partial charge < -0.3 is 34.3 Å². The Labute approximate surface area is 154 Å². The van der Waals surface area contributed by atoms with E-state index in [0.717, 1.165) is 24.6 Å². The summed E-state index contributed by atoms with van der Waals surface area (Å²) >= 11 is 0. The minimum Gasteiger partial charge on any atom is -1.00 e. The van der Waals surface area contributed by atoms with Crippen LogP contribution in [0.1, 0.15) is 11.1 Å². The second-order valence-electron chi connectivity index (χ2n) is 5.12. The van der Waals surface area contributed by atoms with Gasteiger partial charge in [0.1, 0.15) is 11.5 Å².